The molecule has 1 aromatic carbocycles. The summed E-state index contributed by atoms with van der Waals surface area (Å²) >= 11 is 0. The second-order valence-corrected chi connectivity index (χ2v) is 5.75. The van der Waals surface area contributed by atoms with Gasteiger partial charge in [-0.3, -0.25) is 4.68 Å². The normalized spacial score (nSPS) is 12.7. The molecule has 2 aromatic rings. The van der Waals surface area contributed by atoms with E-state index in [4.69, 9.17) is 5.73 Å². The fraction of sp³-hybridized carbons (Fsp3) is 0.471. The van der Waals surface area contributed by atoms with Crippen LogP contribution in [-0.4, -0.2) is 16.3 Å². The number of benzene rings is 1. The molecule has 0 saturated heterocycles. The summed E-state index contributed by atoms with van der Waals surface area (Å²) in [6.07, 6.45) is 2.19. The third-order valence-corrected chi connectivity index (χ3v) is 4.00. The lowest BCUT2D eigenvalue weighted by Gasteiger charge is -2.10. The number of hydrogen-bond donors (Lipinski definition) is 1. The molecule has 0 aliphatic carbocycles. The average Bonchev–Trinajstić information content (AvgIpc) is 2.65. The third-order valence-electron chi connectivity index (χ3n) is 4.00. The van der Waals surface area contributed by atoms with Crippen molar-refractivity contribution in [2.45, 2.75) is 33.6 Å². The number of nitrogens with two attached hydrogens (primary N) is 1. The largest absolute Gasteiger partial charge is 0.330 e. The Balaban J connectivity index is 2.20. The first-order valence-electron chi connectivity index (χ1n) is 7.32. The van der Waals surface area contributed by atoms with E-state index in [0.717, 1.165) is 25.1 Å². The zero-order valence-corrected chi connectivity index (χ0v) is 13.0. The van der Waals surface area contributed by atoms with E-state index in [9.17, 15) is 0 Å². The van der Waals surface area contributed by atoms with Crippen LogP contribution < -0.4 is 5.73 Å². The Kier molecular flexibility index (Phi) is 4.61. The monoisotopic (exact) mass is 271 g/mol. The lowest BCUT2D eigenvalue weighted by atomic mass is 9.96. The van der Waals surface area contributed by atoms with E-state index in [1.165, 1.54) is 22.4 Å². The summed E-state index contributed by atoms with van der Waals surface area (Å²) in [6, 6.07) is 8.88. The Bertz CT molecular complexity index is 567. The van der Waals surface area contributed by atoms with Crippen LogP contribution in [0.2, 0.25) is 0 Å². The first-order chi connectivity index (χ1) is 9.52. The molecule has 20 heavy (non-hydrogen) atoms. The Morgan fingerprint density at radius 2 is 1.85 bits per heavy atom. The minimum atomic E-state index is 0.646. The van der Waals surface area contributed by atoms with Gasteiger partial charge in [0.1, 0.15) is 0 Å². The summed E-state index contributed by atoms with van der Waals surface area (Å²) in [6.45, 7) is 7.22. The van der Waals surface area contributed by atoms with Gasteiger partial charge in [0.15, 0.2) is 0 Å². The Labute approximate surface area is 121 Å². The molecule has 1 atom stereocenters. The van der Waals surface area contributed by atoms with Crippen LogP contribution in [0, 0.1) is 19.8 Å². The molecule has 1 aromatic heterocycles. The van der Waals surface area contributed by atoms with Gasteiger partial charge >= 0.3 is 0 Å². The van der Waals surface area contributed by atoms with Crippen molar-refractivity contribution in [1.82, 2.24) is 9.78 Å². The highest BCUT2D eigenvalue weighted by molar-refractivity contribution is 5.68. The van der Waals surface area contributed by atoms with E-state index in [0.29, 0.717) is 5.92 Å². The highest BCUT2D eigenvalue weighted by Crippen LogP contribution is 2.27. The number of nitrogens with zero attached hydrogens (tertiary/aromatic N) is 2. The zero-order chi connectivity index (χ0) is 14.7. The topological polar surface area (TPSA) is 43.8 Å². The van der Waals surface area contributed by atoms with Crippen LogP contribution >= 0.6 is 0 Å². The molecule has 1 heterocycles. The molecule has 0 bridgehead atoms. The maximum atomic E-state index is 5.61. The van der Waals surface area contributed by atoms with Crippen molar-refractivity contribution < 1.29 is 0 Å². The van der Waals surface area contributed by atoms with Gasteiger partial charge in [0, 0.05) is 18.3 Å². The second-order valence-electron chi connectivity index (χ2n) is 5.75. The molecule has 0 aliphatic rings. The van der Waals surface area contributed by atoms with Crippen molar-refractivity contribution in [3.63, 3.8) is 0 Å². The quantitative estimate of drug-likeness (QED) is 0.907. The summed E-state index contributed by atoms with van der Waals surface area (Å²) in [5.74, 6) is 0.646. The van der Waals surface area contributed by atoms with Crippen molar-refractivity contribution in [3.05, 3.63) is 41.2 Å². The van der Waals surface area contributed by atoms with Crippen molar-refractivity contribution in [1.29, 1.82) is 0 Å². The van der Waals surface area contributed by atoms with Gasteiger partial charge in [0.25, 0.3) is 0 Å². The lowest BCUT2D eigenvalue weighted by molar-refractivity contribution is 0.538. The summed E-state index contributed by atoms with van der Waals surface area (Å²) in [4.78, 5) is 0. The number of aromatic nitrogens is 2. The molecule has 0 radical (unpaired) electrons. The van der Waals surface area contributed by atoms with Crippen LogP contribution in [0.15, 0.2) is 24.3 Å². The van der Waals surface area contributed by atoms with Crippen molar-refractivity contribution >= 4 is 0 Å². The van der Waals surface area contributed by atoms with E-state index >= 15 is 0 Å². The van der Waals surface area contributed by atoms with E-state index < -0.39 is 0 Å². The van der Waals surface area contributed by atoms with Gasteiger partial charge in [-0.15, -0.1) is 0 Å². The molecule has 3 nitrogen and oxygen atoms in total. The van der Waals surface area contributed by atoms with Crippen LogP contribution in [0.4, 0.5) is 0 Å². The number of rotatable bonds is 5. The lowest BCUT2D eigenvalue weighted by Crippen LogP contribution is -2.07. The molecule has 0 spiro atoms. The molecule has 0 aliphatic heterocycles. The first kappa shape index (κ1) is 14.8. The van der Waals surface area contributed by atoms with Crippen molar-refractivity contribution in [2.24, 2.45) is 18.7 Å². The number of hydrogen-bond acceptors (Lipinski definition) is 2. The SMILES string of the molecule is Cc1nn(C)c(C)c1-c1ccc(CC(C)CCN)cc1. The predicted octanol–water partition coefficient (Wildman–Crippen LogP) is 3.23. The van der Waals surface area contributed by atoms with Crippen molar-refractivity contribution in [3.8, 4) is 11.1 Å². The summed E-state index contributed by atoms with van der Waals surface area (Å²) < 4.78 is 1.95. The summed E-state index contributed by atoms with van der Waals surface area (Å²) in [7, 11) is 1.99. The first-order valence-corrected chi connectivity index (χ1v) is 7.32. The predicted molar refractivity (Wildman–Crippen MR) is 84.7 cm³/mol. The fourth-order valence-electron chi connectivity index (χ4n) is 2.79. The highest BCUT2D eigenvalue weighted by Gasteiger charge is 2.11. The molecular weight excluding hydrogens is 246 g/mol. The second kappa shape index (κ2) is 6.23. The highest BCUT2D eigenvalue weighted by atomic mass is 15.3. The van der Waals surface area contributed by atoms with Crippen LogP contribution in [0.1, 0.15) is 30.3 Å². The van der Waals surface area contributed by atoms with Crippen LogP contribution in [0.5, 0.6) is 0 Å². The third kappa shape index (κ3) is 3.10. The van der Waals surface area contributed by atoms with Crippen LogP contribution in [0.25, 0.3) is 11.1 Å². The van der Waals surface area contributed by atoms with Crippen LogP contribution in [-0.2, 0) is 13.5 Å². The van der Waals surface area contributed by atoms with Crippen LogP contribution in [0.3, 0.4) is 0 Å². The zero-order valence-electron chi connectivity index (χ0n) is 13.0. The maximum absolute atomic E-state index is 5.61. The molecule has 0 fully saturated rings. The van der Waals surface area contributed by atoms with E-state index in [1.54, 1.807) is 0 Å². The van der Waals surface area contributed by atoms with Gasteiger partial charge in [-0.05, 0) is 50.3 Å². The summed E-state index contributed by atoms with van der Waals surface area (Å²) in [5, 5.41) is 4.48. The smallest absolute Gasteiger partial charge is 0.0674 e. The molecule has 0 saturated carbocycles. The Hall–Kier alpha value is -1.61. The van der Waals surface area contributed by atoms with Gasteiger partial charge in [-0.1, -0.05) is 31.2 Å². The minimum absolute atomic E-state index is 0.646. The molecule has 1 unspecified atom stereocenters. The maximum Gasteiger partial charge on any atom is 0.0674 e. The molecule has 0 amide bonds. The van der Waals surface area contributed by atoms with Gasteiger partial charge < -0.3 is 5.73 Å². The van der Waals surface area contributed by atoms with Gasteiger partial charge in [0.2, 0.25) is 0 Å². The Morgan fingerprint density at radius 1 is 1.20 bits per heavy atom. The Morgan fingerprint density at radius 3 is 2.35 bits per heavy atom. The molecule has 3 heteroatoms. The van der Waals surface area contributed by atoms with Gasteiger partial charge in [-0.25, -0.2) is 0 Å². The van der Waals surface area contributed by atoms with Gasteiger partial charge in [-0.2, -0.15) is 5.10 Å². The van der Waals surface area contributed by atoms with E-state index in [-0.39, 0.29) is 0 Å². The van der Waals surface area contributed by atoms with Crippen molar-refractivity contribution in [2.75, 3.05) is 6.54 Å². The fourth-order valence-corrected chi connectivity index (χ4v) is 2.79. The summed E-state index contributed by atoms with van der Waals surface area (Å²) in [5.41, 5.74) is 11.8. The standard InChI is InChI=1S/C17H25N3/c1-12(9-10-18)11-15-5-7-16(8-6-15)17-13(2)19-20(4)14(17)3/h5-8,12H,9-11,18H2,1-4H3. The molecule has 2 N–H and O–H groups in total. The number of aryl methyl sites for hydroxylation is 2. The molecule has 2 rings (SSSR count). The van der Waals surface area contributed by atoms with Gasteiger partial charge in [0.05, 0.1) is 5.69 Å². The van der Waals surface area contributed by atoms with E-state index in [1.807, 2.05) is 11.7 Å². The average molecular weight is 271 g/mol. The molecule has 108 valence electrons. The molecular formula is C17H25N3. The van der Waals surface area contributed by atoms with E-state index in [2.05, 4.69) is 50.1 Å². The minimum Gasteiger partial charge on any atom is -0.330 e.